The highest BCUT2D eigenvalue weighted by Gasteiger charge is 2.33. The highest BCUT2D eigenvalue weighted by molar-refractivity contribution is 5.48. The molecule has 0 fully saturated rings. The molecule has 0 saturated heterocycles. The lowest BCUT2D eigenvalue weighted by atomic mass is 9.74. The van der Waals surface area contributed by atoms with Gasteiger partial charge in [0.1, 0.15) is 0 Å². The van der Waals surface area contributed by atoms with E-state index < -0.39 is 0 Å². The van der Waals surface area contributed by atoms with Crippen LogP contribution in [0.2, 0.25) is 0 Å². The Bertz CT molecular complexity index is 649. The number of nitrogens with zero attached hydrogens (tertiary/aromatic N) is 1. The van der Waals surface area contributed by atoms with E-state index >= 15 is 0 Å². The lowest BCUT2D eigenvalue weighted by molar-refractivity contribution is 0.278. The predicted molar refractivity (Wildman–Crippen MR) is 84.3 cm³/mol. The Morgan fingerprint density at radius 1 is 1.20 bits per heavy atom. The minimum atomic E-state index is 0.165. The van der Waals surface area contributed by atoms with Crippen LogP contribution in [-0.2, 0) is 6.42 Å². The fraction of sp³-hybridized carbons (Fsp3) is 0.444. The first-order valence-electron chi connectivity index (χ1n) is 7.42. The van der Waals surface area contributed by atoms with Gasteiger partial charge < -0.3 is 10.3 Å². The molecule has 1 aromatic carbocycles. The predicted octanol–water partition coefficient (Wildman–Crippen LogP) is 4.07. The van der Waals surface area contributed by atoms with Crippen molar-refractivity contribution in [1.29, 1.82) is 0 Å². The highest BCUT2D eigenvalue weighted by Crippen LogP contribution is 2.42. The molecule has 0 spiro atoms. The molecular formula is C18H24N2. The van der Waals surface area contributed by atoms with E-state index in [-0.39, 0.29) is 11.5 Å². The number of hydrogen-bond acceptors (Lipinski definition) is 1. The molecule has 106 valence electrons. The third-order valence-electron chi connectivity index (χ3n) is 4.49. The average molecular weight is 268 g/mol. The summed E-state index contributed by atoms with van der Waals surface area (Å²) in [5.74, 6) is 0. The summed E-state index contributed by atoms with van der Waals surface area (Å²) < 4.78 is 2.41. The molecule has 3 rings (SSSR count). The van der Waals surface area contributed by atoms with Crippen LogP contribution in [-0.4, -0.2) is 4.57 Å². The van der Waals surface area contributed by atoms with Crippen molar-refractivity contribution >= 4 is 0 Å². The van der Waals surface area contributed by atoms with E-state index in [1.165, 1.54) is 28.2 Å². The van der Waals surface area contributed by atoms with Gasteiger partial charge in [-0.3, -0.25) is 0 Å². The second kappa shape index (κ2) is 4.49. The number of hydrogen-bond donors (Lipinski definition) is 1. The molecule has 2 heteroatoms. The van der Waals surface area contributed by atoms with Crippen LogP contribution >= 0.6 is 0 Å². The van der Waals surface area contributed by atoms with Crippen LogP contribution < -0.4 is 5.73 Å². The summed E-state index contributed by atoms with van der Waals surface area (Å²) in [6.07, 6.45) is 2.16. The molecule has 1 aromatic heterocycles. The summed E-state index contributed by atoms with van der Waals surface area (Å²) in [4.78, 5) is 0. The first-order valence-corrected chi connectivity index (χ1v) is 7.42. The number of rotatable bonds is 1. The van der Waals surface area contributed by atoms with Crippen molar-refractivity contribution < 1.29 is 0 Å². The van der Waals surface area contributed by atoms with E-state index in [4.69, 9.17) is 5.73 Å². The maximum atomic E-state index is 6.41. The van der Waals surface area contributed by atoms with Crippen LogP contribution in [0.5, 0.6) is 0 Å². The number of benzene rings is 1. The third kappa shape index (κ3) is 2.08. The standard InChI is InChI=1S/C18H24N2/c1-12-7-5-6-8-16(12)20-13(2)9-14-15(19)10-18(3,4)11-17(14)20/h5-9,15H,10-11,19H2,1-4H3. The van der Waals surface area contributed by atoms with Crippen LogP contribution in [0.1, 0.15) is 48.8 Å². The Hall–Kier alpha value is -1.54. The van der Waals surface area contributed by atoms with Crippen molar-refractivity contribution in [1.82, 2.24) is 4.57 Å². The van der Waals surface area contributed by atoms with Crippen molar-refractivity contribution in [3.05, 3.63) is 52.8 Å². The summed E-state index contributed by atoms with van der Waals surface area (Å²) in [7, 11) is 0. The van der Waals surface area contributed by atoms with Gasteiger partial charge in [0.25, 0.3) is 0 Å². The van der Waals surface area contributed by atoms with Gasteiger partial charge in [0.15, 0.2) is 0 Å². The molecule has 0 aliphatic heterocycles. The molecule has 1 heterocycles. The van der Waals surface area contributed by atoms with Crippen LogP contribution in [0, 0.1) is 19.3 Å². The first-order chi connectivity index (χ1) is 9.39. The Kier molecular flexibility index (Phi) is 3.02. The largest absolute Gasteiger partial charge is 0.324 e. The molecule has 2 aromatic rings. The summed E-state index contributed by atoms with van der Waals surface area (Å²) in [6, 6.07) is 11.0. The van der Waals surface area contributed by atoms with Crippen molar-refractivity contribution in [3.8, 4) is 5.69 Å². The summed E-state index contributed by atoms with van der Waals surface area (Å²) in [5, 5.41) is 0. The monoisotopic (exact) mass is 268 g/mol. The van der Waals surface area contributed by atoms with Crippen molar-refractivity contribution in [2.75, 3.05) is 0 Å². The lowest BCUT2D eigenvalue weighted by Gasteiger charge is -2.34. The molecule has 1 aliphatic carbocycles. The first kappa shape index (κ1) is 13.4. The van der Waals surface area contributed by atoms with E-state index in [9.17, 15) is 0 Å². The Morgan fingerprint density at radius 2 is 1.90 bits per heavy atom. The maximum absolute atomic E-state index is 6.41. The number of nitrogens with two attached hydrogens (primary N) is 1. The molecule has 2 N–H and O–H groups in total. The average Bonchev–Trinajstić information content (AvgIpc) is 2.66. The topological polar surface area (TPSA) is 30.9 Å². The SMILES string of the molecule is Cc1ccccc1-n1c(C)cc2c1CC(C)(C)CC2N. The quantitative estimate of drug-likeness (QED) is 0.830. The Morgan fingerprint density at radius 3 is 2.60 bits per heavy atom. The number of aromatic nitrogens is 1. The van der Waals surface area contributed by atoms with E-state index in [1.807, 2.05) is 0 Å². The zero-order valence-corrected chi connectivity index (χ0v) is 12.9. The van der Waals surface area contributed by atoms with Gasteiger partial charge in [-0.05, 0) is 55.4 Å². The van der Waals surface area contributed by atoms with E-state index in [1.54, 1.807) is 0 Å². The van der Waals surface area contributed by atoms with Gasteiger partial charge in [0.05, 0.1) is 0 Å². The molecule has 2 nitrogen and oxygen atoms in total. The van der Waals surface area contributed by atoms with Crippen molar-refractivity contribution in [3.63, 3.8) is 0 Å². The third-order valence-corrected chi connectivity index (χ3v) is 4.49. The molecule has 0 saturated carbocycles. The molecule has 0 amide bonds. The fourth-order valence-corrected chi connectivity index (χ4v) is 3.60. The number of aryl methyl sites for hydroxylation is 2. The van der Waals surface area contributed by atoms with Crippen LogP contribution in [0.25, 0.3) is 5.69 Å². The van der Waals surface area contributed by atoms with Crippen molar-refractivity contribution in [2.24, 2.45) is 11.1 Å². The number of para-hydroxylation sites is 1. The van der Waals surface area contributed by atoms with Crippen molar-refractivity contribution in [2.45, 2.75) is 46.6 Å². The van der Waals surface area contributed by atoms with Gasteiger partial charge in [-0.25, -0.2) is 0 Å². The second-order valence-electron chi connectivity index (χ2n) is 6.96. The minimum absolute atomic E-state index is 0.165. The van der Waals surface area contributed by atoms with Gasteiger partial charge in [-0.2, -0.15) is 0 Å². The van der Waals surface area contributed by atoms with Gasteiger partial charge in [-0.1, -0.05) is 32.0 Å². The maximum Gasteiger partial charge on any atom is 0.0484 e. The number of fused-ring (bicyclic) bond motifs is 1. The van der Waals surface area contributed by atoms with Gasteiger partial charge in [-0.15, -0.1) is 0 Å². The van der Waals surface area contributed by atoms with Crippen LogP contribution in [0.3, 0.4) is 0 Å². The molecule has 1 atom stereocenters. The molecule has 0 bridgehead atoms. The van der Waals surface area contributed by atoms with Gasteiger partial charge in [0, 0.05) is 23.1 Å². The normalized spacial score (nSPS) is 20.8. The van der Waals surface area contributed by atoms with E-state index in [0.29, 0.717) is 0 Å². The zero-order valence-electron chi connectivity index (χ0n) is 12.9. The molecule has 20 heavy (non-hydrogen) atoms. The van der Waals surface area contributed by atoms with E-state index in [0.717, 1.165) is 12.8 Å². The summed E-state index contributed by atoms with van der Waals surface area (Å²) in [5.41, 5.74) is 13.3. The van der Waals surface area contributed by atoms with Crippen LogP contribution in [0.4, 0.5) is 0 Å². The summed E-state index contributed by atoms with van der Waals surface area (Å²) >= 11 is 0. The second-order valence-corrected chi connectivity index (χ2v) is 6.96. The Labute approximate surface area is 121 Å². The minimum Gasteiger partial charge on any atom is -0.324 e. The molecule has 1 unspecified atom stereocenters. The lowest BCUT2D eigenvalue weighted by Crippen LogP contribution is -2.30. The van der Waals surface area contributed by atoms with Gasteiger partial charge >= 0.3 is 0 Å². The zero-order chi connectivity index (χ0) is 14.5. The van der Waals surface area contributed by atoms with Gasteiger partial charge in [0.2, 0.25) is 0 Å². The molecule has 0 radical (unpaired) electrons. The smallest absolute Gasteiger partial charge is 0.0484 e. The Balaban J connectivity index is 2.22. The van der Waals surface area contributed by atoms with Crippen LogP contribution in [0.15, 0.2) is 30.3 Å². The fourth-order valence-electron chi connectivity index (χ4n) is 3.60. The molecular weight excluding hydrogens is 244 g/mol. The molecule has 1 aliphatic rings. The summed E-state index contributed by atoms with van der Waals surface area (Å²) in [6.45, 7) is 9.00. The highest BCUT2D eigenvalue weighted by atomic mass is 15.0. The van der Waals surface area contributed by atoms with E-state index in [2.05, 4.69) is 62.6 Å².